The smallest absolute Gasteiger partial charge is 0.123 e. The Morgan fingerprint density at radius 3 is 2.83 bits per heavy atom. The molecule has 1 aromatic heterocycles. The molecular formula is C18H25N3O2. The molecule has 2 aromatic rings. The van der Waals surface area contributed by atoms with Gasteiger partial charge in [-0.05, 0) is 44.5 Å². The van der Waals surface area contributed by atoms with Crippen LogP contribution < -0.4 is 4.74 Å². The van der Waals surface area contributed by atoms with E-state index in [4.69, 9.17) is 4.74 Å². The van der Waals surface area contributed by atoms with Gasteiger partial charge >= 0.3 is 0 Å². The van der Waals surface area contributed by atoms with Crippen molar-refractivity contribution in [3.63, 3.8) is 0 Å². The van der Waals surface area contributed by atoms with Crippen molar-refractivity contribution in [2.24, 2.45) is 0 Å². The Morgan fingerprint density at radius 1 is 1.30 bits per heavy atom. The van der Waals surface area contributed by atoms with Crippen LogP contribution in [-0.4, -0.2) is 39.0 Å². The molecule has 1 aliphatic heterocycles. The van der Waals surface area contributed by atoms with E-state index in [1.165, 1.54) is 5.69 Å². The number of aromatic nitrogens is 2. The third-order valence-corrected chi connectivity index (χ3v) is 4.48. The van der Waals surface area contributed by atoms with Gasteiger partial charge in [-0.25, -0.2) is 0 Å². The fourth-order valence-corrected chi connectivity index (χ4v) is 3.17. The lowest BCUT2D eigenvalue weighted by Crippen LogP contribution is -2.37. The molecule has 0 bridgehead atoms. The quantitative estimate of drug-likeness (QED) is 0.940. The summed E-state index contributed by atoms with van der Waals surface area (Å²) < 4.78 is 7.94. The van der Waals surface area contributed by atoms with Gasteiger partial charge in [0.2, 0.25) is 0 Å². The number of aliphatic hydroxyl groups excluding tert-OH is 1. The maximum atomic E-state index is 9.35. The van der Waals surface area contributed by atoms with Gasteiger partial charge in [-0.2, -0.15) is 5.10 Å². The average Bonchev–Trinajstić information content (AvgIpc) is 2.74. The van der Waals surface area contributed by atoms with Crippen molar-refractivity contribution in [3.8, 4) is 5.75 Å². The lowest BCUT2D eigenvalue weighted by atomic mass is 10.1. The summed E-state index contributed by atoms with van der Waals surface area (Å²) in [5.74, 6) is 0.933. The maximum absolute atomic E-state index is 9.35. The fraction of sp³-hybridized carbons (Fsp3) is 0.500. The molecular weight excluding hydrogens is 290 g/mol. The van der Waals surface area contributed by atoms with E-state index >= 15 is 0 Å². The Hall–Kier alpha value is -1.85. The highest BCUT2D eigenvalue weighted by molar-refractivity contribution is 5.37. The van der Waals surface area contributed by atoms with E-state index in [2.05, 4.69) is 34.6 Å². The molecule has 2 heterocycles. The van der Waals surface area contributed by atoms with Gasteiger partial charge in [-0.1, -0.05) is 6.07 Å². The monoisotopic (exact) mass is 315 g/mol. The summed E-state index contributed by atoms with van der Waals surface area (Å²) in [5.41, 5.74) is 4.34. The highest BCUT2D eigenvalue weighted by atomic mass is 16.5. The van der Waals surface area contributed by atoms with Crippen molar-refractivity contribution in [2.75, 3.05) is 13.2 Å². The van der Waals surface area contributed by atoms with Crippen molar-refractivity contribution < 1.29 is 9.84 Å². The molecule has 0 fully saturated rings. The molecule has 0 radical (unpaired) electrons. The van der Waals surface area contributed by atoms with Gasteiger partial charge in [0, 0.05) is 30.4 Å². The third kappa shape index (κ3) is 3.57. The number of ether oxygens (including phenoxy) is 1. The fourth-order valence-electron chi connectivity index (χ4n) is 3.17. The first-order valence-electron chi connectivity index (χ1n) is 8.17. The lowest BCUT2D eigenvalue weighted by Gasteiger charge is -2.27. The highest BCUT2D eigenvalue weighted by Gasteiger charge is 2.21. The van der Waals surface area contributed by atoms with Gasteiger partial charge in [0.1, 0.15) is 12.4 Å². The zero-order valence-corrected chi connectivity index (χ0v) is 14.1. The molecule has 1 aromatic carbocycles. The van der Waals surface area contributed by atoms with Crippen molar-refractivity contribution in [1.29, 1.82) is 0 Å². The van der Waals surface area contributed by atoms with Crippen LogP contribution in [-0.2, 0) is 19.7 Å². The van der Waals surface area contributed by atoms with Gasteiger partial charge in [0.25, 0.3) is 0 Å². The van der Waals surface area contributed by atoms with Crippen LogP contribution >= 0.6 is 0 Å². The van der Waals surface area contributed by atoms with Crippen LogP contribution in [0.1, 0.15) is 29.4 Å². The lowest BCUT2D eigenvalue weighted by molar-refractivity contribution is 0.161. The SMILES string of the molecule is Cc1cc(C)n(CC(C)N2CCOc3ccc(CO)cc3C2)n1. The van der Waals surface area contributed by atoms with E-state index in [1.54, 1.807) is 0 Å². The van der Waals surface area contributed by atoms with Gasteiger partial charge < -0.3 is 9.84 Å². The van der Waals surface area contributed by atoms with Crippen molar-refractivity contribution in [3.05, 3.63) is 46.8 Å². The van der Waals surface area contributed by atoms with Crippen LogP contribution in [0.3, 0.4) is 0 Å². The van der Waals surface area contributed by atoms with Gasteiger partial charge in [-0.3, -0.25) is 9.58 Å². The number of hydrogen-bond donors (Lipinski definition) is 1. The standard InChI is InChI=1S/C18H25N3O2/c1-13-8-14(2)21(19-13)10-15(3)20-6-7-23-18-5-4-16(12-22)9-17(18)11-20/h4-5,8-9,15,22H,6-7,10-12H2,1-3H3. The van der Waals surface area contributed by atoms with E-state index in [0.29, 0.717) is 12.6 Å². The second-order valence-electron chi connectivity index (χ2n) is 6.38. The predicted octanol–water partition coefficient (Wildman–Crippen LogP) is 2.28. The number of hydrogen-bond acceptors (Lipinski definition) is 4. The molecule has 3 rings (SSSR count). The minimum absolute atomic E-state index is 0.0641. The molecule has 23 heavy (non-hydrogen) atoms. The third-order valence-electron chi connectivity index (χ3n) is 4.48. The van der Waals surface area contributed by atoms with E-state index in [1.807, 2.05) is 25.1 Å². The van der Waals surface area contributed by atoms with E-state index in [0.717, 1.165) is 42.2 Å². The van der Waals surface area contributed by atoms with Crippen LogP contribution in [0.5, 0.6) is 5.75 Å². The van der Waals surface area contributed by atoms with E-state index in [9.17, 15) is 5.11 Å². The predicted molar refractivity (Wildman–Crippen MR) is 89.4 cm³/mol. The number of aliphatic hydroxyl groups is 1. The second kappa shape index (κ2) is 6.72. The Balaban J connectivity index is 1.75. The number of aryl methyl sites for hydroxylation is 2. The number of nitrogens with zero attached hydrogens (tertiary/aromatic N) is 3. The number of rotatable bonds is 4. The molecule has 0 saturated carbocycles. The number of fused-ring (bicyclic) bond motifs is 1. The largest absolute Gasteiger partial charge is 0.492 e. The summed E-state index contributed by atoms with van der Waals surface area (Å²) in [6.07, 6.45) is 0. The molecule has 1 aliphatic rings. The summed E-state index contributed by atoms with van der Waals surface area (Å²) >= 11 is 0. The van der Waals surface area contributed by atoms with Gasteiger partial charge in [0.05, 0.1) is 18.8 Å². The Morgan fingerprint density at radius 2 is 2.13 bits per heavy atom. The van der Waals surface area contributed by atoms with Gasteiger partial charge in [0.15, 0.2) is 0 Å². The molecule has 5 nitrogen and oxygen atoms in total. The van der Waals surface area contributed by atoms with Crippen molar-refractivity contribution in [1.82, 2.24) is 14.7 Å². The summed E-state index contributed by atoms with van der Waals surface area (Å²) in [4.78, 5) is 2.42. The first-order chi connectivity index (χ1) is 11.1. The molecule has 0 amide bonds. The van der Waals surface area contributed by atoms with Crippen molar-refractivity contribution >= 4 is 0 Å². The molecule has 0 saturated heterocycles. The van der Waals surface area contributed by atoms with Crippen molar-refractivity contribution in [2.45, 2.75) is 46.5 Å². The minimum atomic E-state index is 0.0641. The molecule has 0 aliphatic carbocycles. The van der Waals surface area contributed by atoms with Crippen LogP contribution in [0.4, 0.5) is 0 Å². The molecule has 0 spiro atoms. The molecule has 1 N–H and O–H groups in total. The summed E-state index contributed by atoms with van der Waals surface area (Å²) in [5, 5.41) is 13.9. The first-order valence-corrected chi connectivity index (χ1v) is 8.17. The van der Waals surface area contributed by atoms with Crippen LogP contribution in [0, 0.1) is 13.8 Å². The first kappa shape index (κ1) is 16.0. The zero-order chi connectivity index (χ0) is 16.4. The average molecular weight is 315 g/mol. The molecule has 1 atom stereocenters. The second-order valence-corrected chi connectivity index (χ2v) is 6.38. The van der Waals surface area contributed by atoms with Crippen LogP contribution in [0.25, 0.3) is 0 Å². The minimum Gasteiger partial charge on any atom is -0.492 e. The highest BCUT2D eigenvalue weighted by Crippen LogP contribution is 2.25. The molecule has 1 unspecified atom stereocenters. The molecule has 124 valence electrons. The summed E-state index contributed by atoms with van der Waals surface area (Å²) in [6.45, 7) is 9.71. The topological polar surface area (TPSA) is 50.5 Å². The van der Waals surface area contributed by atoms with E-state index < -0.39 is 0 Å². The zero-order valence-electron chi connectivity index (χ0n) is 14.1. The Bertz CT molecular complexity index is 681. The maximum Gasteiger partial charge on any atom is 0.123 e. The van der Waals surface area contributed by atoms with Crippen LogP contribution in [0.2, 0.25) is 0 Å². The molecule has 5 heteroatoms. The Kier molecular flexibility index (Phi) is 4.68. The number of benzene rings is 1. The Labute approximate surface area is 137 Å². The summed E-state index contributed by atoms with van der Waals surface area (Å²) in [6, 6.07) is 8.41. The summed E-state index contributed by atoms with van der Waals surface area (Å²) in [7, 11) is 0. The van der Waals surface area contributed by atoms with E-state index in [-0.39, 0.29) is 6.61 Å². The van der Waals surface area contributed by atoms with Crippen LogP contribution in [0.15, 0.2) is 24.3 Å². The van der Waals surface area contributed by atoms with Gasteiger partial charge in [-0.15, -0.1) is 0 Å². The normalized spacial score (nSPS) is 16.5.